The lowest BCUT2D eigenvalue weighted by Crippen LogP contribution is -2.25. The van der Waals surface area contributed by atoms with Gasteiger partial charge in [-0.1, -0.05) is 37.8 Å². The van der Waals surface area contributed by atoms with Gasteiger partial charge in [0.2, 0.25) is 5.91 Å². The summed E-state index contributed by atoms with van der Waals surface area (Å²) in [5.41, 5.74) is 0.782. The van der Waals surface area contributed by atoms with Crippen molar-refractivity contribution in [2.45, 2.75) is 45.6 Å². The Hall–Kier alpha value is -1.95. The van der Waals surface area contributed by atoms with Gasteiger partial charge in [0.1, 0.15) is 0 Å². The van der Waals surface area contributed by atoms with E-state index >= 15 is 0 Å². The Morgan fingerprint density at radius 2 is 2.12 bits per heavy atom. The molecular weight excluding hydrogens is 358 g/mol. The number of carboxylic acids is 1. The van der Waals surface area contributed by atoms with Crippen molar-refractivity contribution < 1.29 is 24.2 Å². The Labute approximate surface area is 159 Å². The van der Waals surface area contributed by atoms with E-state index in [2.05, 4.69) is 6.92 Å². The molecule has 2 rings (SSSR count). The normalized spacial score (nSPS) is 16.8. The molecule has 0 aliphatic carbocycles. The standard InChI is InChI=1S/C19H26ClNO5/c1-3-4-5-6-7-26-18-15(20)8-13(9-16(18)25-2)11-21-12-14(19(23)24)10-17(21)22/h8-9,14H,3-7,10-12H2,1-2H3,(H,23,24). The average Bonchev–Trinajstić information content (AvgIpc) is 2.97. The third-order valence-corrected chi connectivity index (χ3v) is 4.75. The minimum Gasteiger partial charge on any atom is -0.493 e. The van der Waals surface area contributed by atoms with Crippen LogP contribution in [0.1, 0.15) is 44.6 Å². The Morgan fingerprint density at radius 1 is 1.35 bits per heavy atom. The van der Waals surface area contributed by atoms with Gasteiger partial charge in [-0.3, -0.25) is 9.59 Å². The second-order valence-corrected chi connectivity index (χ2v) is 6.94. The van der Waals surface area contributed by atoms with Crippen LogP contribution in [0.25, 0.3) is 0 Å². The fraction of sp³-hybridized carbons (Fsp3) is 0.579. The number of nitrogens with zero attached hydrogens (tertiary/aromatic N) is 1. The molecule has 1 amide bonds. The zero-order valence-corrected chi connectivity index (χ0v) is 16.1. The van der Waals surface area contributed by atoms with Gasteiger partial charge < -0.3 is 19.5 Å². The van der Waals surface area contributed by atoms with Gasteiger partial charge in [-0.15, -0.1) is 0 Å². The predicted octanol–water partition coefficient (Wildman–Crippen LogP) is 3.74. The highest BCUT2D eigenvalue weighted by Crippen LogP contribution is 2.37. The summed E-state index contributed by atoms with van der Waals surface area (Å²) in [6, 6.07) is 3.53. The summed E-state index contributed by atoms with van der Waals surface area (Å²) in [6.45, 7) is 3.24. The summed E-state index contributed by atoms with van der Waals surface area (Å²) in [7, 11) is 1.54. The molecule has 1 heterocycles. The van der Waals surface area contributed by atoms with Gasteiger partial charge in [-0.05, 0) is 24.1 Å². The molecule has 1 unspecified atom stereocenters. The summed E-state index contributed by atoms with van der Waals surface area (Å²) in [5, 5.41) is 9.50. The Balaban J connectivity index is 2.03. The number of likely N-dealkylation sites (tertiary alicyclic amines) is 1. The summed E-state index contributed by atoms with van der Waals surface area (Å²) >= 11 is 6.35. The van der Waals surface area contributed by atoms with Gasteiger partial charge in [0.15, 0.2) is 11.5 Å². The molecule has 144 valence electrons. The highest BCUT2D eigenvalue weighted by molar-refractivity contribution is 6.32. The van der Waals surface area contributed by atoms with Crippen molar-refractivity contribution in [3.05, 3.63) is 22.7 Å². The van der Waals surface area contributed by atoms with Crippen LogP contribution >= 0.6 is 11.6 Å². The Kier molecular flexibility index (Phi) is 7.57. The first-order chi connectivity index (χ1) is 12.5. The number of methoxy groups -OCH3 is 1. The number of ether oxygens (including phenoxy) is 2. The van der Waals surface area contributed by atoms with Crippen LogP contribution in [0.2, 0.25) is 5.02 Å². The predicted molar refractivity (Wildman–Crippen MR) is 98.8 cm³/mol. The van der Waals surface area contributed by atoms with E-state index < -0.39 is 11.9 Å². The van der Waals surface area contributed by atoms with Crippen molar-refractivity contribution in [1.82, 2.24) is 4.90 Å². The van der Waals surface area contributed by atoms with Crippen LogP contribution in [-0.2, 0) is 16.1 Å². The van der Waals surface area contributed by atoms with Gasteiger partial charge in [0, 0.05) is 19.5 Å². The van der Waals surface area contributed by atoms with Gasteiger partial charge >= 0.3 is 5.97 Å². The van der Waals surface area contributed by atoms with Crippen LogP contribution in [-0.4, -0.2) is 42.1 Å². The van der Waals surface area contributed by atoms with Crippen LogP contribution in [0.4, 0.5) is 0 Å². The quantitative estimate of drug-likeness (QED) is 0.623. The largest absolute Gasteiger partial charge is 0.493 e. The van der Waals surface area contributed by atoms with Gasteiger partial charge in [-0.2, -0.15) is 0 Å². The third-order valence-electron chi connectivity index (χ3n) is 4.47. The SMILES string of the molecule is CCCCCCOc1c(Cl)cc(CN2CC(C(=O)O)CC2=O)cc1OC. The number of aliphatic carboxylic acids is 1. The van der Waals surface area contributed by atoms with Crippen LogP contribution in [0.5, 0.6) is 11.5 Å². The van der Waals surface area contributed by atoms with E-state index in [1.54, 1.807) is 19.2 Å². The van der Waals surface area contributed by atoms with E-state index in [9.17, 15) is 9.59 Å². The van der Waals surface area contributed by atoms with E-state index in [1.165, 1.54) is 11.3 Å². The second-order valence-electron chi connectivity index (χ2n) is 6.53. The first kappa shape index (κ1) is 20.4. The fourth-order valence-electron chi connectivity index (χ4n) is 3.02. The molecule has 7 heteroatoms. The highest BCUT2D eigenvalue weighted by Gasteiger charge is 2.34. The number of hydrogen-bond donors (Lipinski definition) is 1. The Bertz CT molecular complexity index is 649. The molecule has 1 fully saturated rings. The monoisotopic (exact) mass is 383 g/mol. The third kappa shape index (κ3) is 5.27. The van der Waals surface area contributed by atoms with E-state index in [0.29, 0.717) is 29.7 Å². The zero-order chi connectivity index (χ0) is 19.1. The number of benzene rings is 1. The van der Waals surface area contributed by atoms with Crippen molar-refractivity contribution in [3.8, 4) is 11.5 Å². The van der Waals surface area contributed by atoms with Gasteiger partial charge in [0.05, 0.1) is 24.7 Å². The van der Waals surface area contributed by atoms with Crippen LogP contribution < -0.4 is 9.47 Å². The molecule has 1 aliphatic heterocycles. The van der Waals surface area contributed by atoms with Crippen LogP contribution in [0, 0.1) is 5.92 Å². The molecule has 0 spiro atoms. The first-order valence-electron chi connectivity index (χ1n) is 8.96. The molecule has 0 radical (unpaired) electrons. The van der Waals surface area contributed by atoms with Crippen molar-refractivity contribution in [2.24, 2.45) is 5.92 Å². The fourth-order valence-corrected chi connectivity index (χ4v) is 3.31. The lowest BCUT2D eigenvalue weighted by atomic mass is 10.1. The lowest BCUT2D eigenvalue weighted by Gasteiger charge is -2.18. The maximum atomic E-state index is 12.0. The average molecular weight is 384 g/mol. The van der Waals surface area contributed by atoms with Gasteiger partial charge in [0.25, 0.3) is 0 Å². The van der Waals surface area contributed by atoms with Crippen molar-refractivity contribution in [3.63, 3.8) is 0 Å². The van der Waals surface area contributed by atoms with Gasteiger partial charge in [-0.25, -0.2) is 0 Å². The van der Waals surface area contributed by atoms with E-state index in [4.69, 9.17) is 26.2 Å². The maximum absolute atomic E-state index is 12.0. The van der Waals surface area contributed by atoms with E-state index in [-0.39, 0.29) is 18.9 Å². The number of halogens is 1. The number of rotatable bonds is 10. The number of carboxylic acid groups (broad SMARTS) is 1. The molecule has 1 saturated heterocycles. The molecule has 1 atom stereocenters. The number of unbranched alkanes of at least 4 members (excludes halogenated alkanes) is 3. The summed E-state index contributed by atoms with van der Waals surface area (Å²) in [5.74, 6) is -0.729. The molecule has 6 nitrogen and oxygen atoms in total. The number of carbonyl (C=O) groups excluding carboxylic acids is 1. The molecule has 0 bridgehead atoms. The van der Waals surface area contributed by atoms with Crippen molar-refractivity contribution in [1.29, 1.82) is 0 Å². The maximum Gasteiger partial charge on any atom is 0.308 e. The smallest absolute Gasteiger partial charge is 0.308 e. The Morgan fingerprint density at radius 3 is 2.73 bits per heavy atom. The zero-order valence-electron chi connectivity index (χ0n) is 15.3. The molecule has 1 aromatic rings. The van der Waals surface area contributed by atoms with Crippen LogP contribution in [0.15, 0.2) is 12.1 Å². The molecule has 0 aromatic heterocycles. The second kappa shape index (κ2) is 9.67. The minimum absolute atomic E-state index is 0.0408. The number of amides is 1. The summed E-state index contributed by atoms with van der Waals surface area (Å²) in [4.78, 5) is 24.6. The molecule has 0 saturated carbocycles. The van der Waals surface area contributed by atoms with Crippen molar-refractivity contribution in [2.75, 3.05) is 20.3 Å². The number of carbonyl (C=O) groups is 2. The van der Waals surface area contributed by atoms with Crippen LogP contribution in [0.3, 0.4) is 0 Å². The molecule has 1 aromatic carbocycles. The summed E-state index contributed by atoms with van der Waals surface area (Å²) in [6.07, 6.45) is 4.44. The topological polar surface area (TPSA) is 76.1 Å². The van der Waals surface area contributed by atoms with E-state index in [0.717, 1.165) is 24.8 Å². The molecule has 1 N–H and O–H groups in total. The van der Waals surface area contributed by atoms with Crippen molar-refractivity contribution >= 4 is 23.5 Å². The molecular formula is C19H26ClNO5. The molecule has 26 heavy (non-hydrogen) atoms. The number of hydrogen-bond acceptors (Lipinski definition) is 4. The minimum atomic E-state index is -0.941. The highest BCUT2D eigenvalue weighted by atomic mass is 35.5. The van der Waals surface area contributed by atoms with E-state index in [1.807, 2.05) is 0 Å². The molecule has 1 aliphatic rings. The first-order valence-corrected chi connectivity index (χ1v) is 9.33. The summed E-state index contributed by atoms with van der Waals surface area (Å²) < 4.78 is 11.2. The lowest BCUT2D eigenvalue weighted by molar-refractivity contribution is -0.141.